The highest BCUT2D eigenvalue weighted by atomic mass is 19.4. The summed E-state index contributed by atoms with van der Waals surface area (Å²) >= 11 is 0. The highest BCUT2D eigenvalue weighted by molar-refractivity contribution is 6.10. The Labute approximate surface area is 202 Å². The topological polar surface area (TPSA) is 68.0 Å². The zero-order valence-corrected chi connectivity index (χ0v) is 18.9. The molecule has 36 heavy (non-hydrogen) atoms. The number of hydrogen-bond donors (Lipinski definition) is 2. The lowest BCUT2D eigenvalue weighted by Crippen LogP contribution is -2.47. The van der Waals surface area contributed by atoms with Crippen molar-refractivity contribution < 1.29 is 26.7 Å². The van der Waals surface area contributed by atoms with Crippen LogP contribution >= 0.6 is 0 Å². The molecule has 2 N–H and O–H groups in total. The van der Waals surface area contributed by atoms with Crippen LogP contribution in [-0.4, -0.2) is 64.8 Å². The molecule has 2 aromatic carbocycles. The van der Waals surface area contributed by atoms with Crippen LogP contribution in [0.3, 0.4) is 0 Å². The molecule has 11 heteroatoms. The van der Waals surface area contributed by atoms with Gasteiger partial charge in [0.25, 0.3) is 6.43 Å². The van der Waals surface area contributed by atoms with Crippen LogP contribution in [-0.2, 0) is 6.18 Å². The molecule has 1 aliphatic heterocycles. The summed E-state index contributed by atoms with van der Waals surface area (Å²) in [6.45, 7) is 2.13. The van der Waals surface area contributed by atoms with E-state index < -0.39 is 29.5 Å². The Balaban J connectivity index is 1.35. The van der Waals surface area contributed by atoms with Gasteiger partial charge in [-0.15, -0.1) is 0 Å². The zero-order valence-electron chi connectivity index (χ0n) is 18.9. The molecule has 0 spiro atoms. The van der Waals surface area contributed by atoms with Crippen LogP contribution in [0.5, 0.6) is 0 Å². The normalized spacial score (nSPS) is 15.2. The quantitative estimate of drug-likeness (QED) is 0.281. The fourth-order valence-electron chi connectivity index (χ4n) is 4.45. The first-order chi connectivity index (χ1) is 17.2. The molecule has 0 bridgehead atoms. The maximum atomic E-state index is 13.3. The van der Waals surface area contributed by atoms with Crippen LogP contribution in [0.15, 0.2) is 54.7 Å². The molecule has 0 atom stereocenters. The highest BCUT2D eigenvalue weighted by Gasteiger charge is 2.35. The lowest BCUT2D eigenvalue weighted by atomic mass is 9.99. The Hall–Kier alpha value is -3.73. The fraction of sp³-hybridized carbons (Fsp3) is 0.280. The van der Waals surface area contributed by atoms with Gasteiger partial charge >= 0.3 is 6.18 Å². The van der Waals surface area contributed by atoms with E-state index >= 15 is 0 Å². The average molecular weight is 503 g/mol. The van der Waals surface area contributed by atoms with Crippen LogP contribution in [0.1, 0.15) is 21.5 Å². The van der Waals surface area contributed by atoms with Crippen molar-refractivity contribution in [2.45, 2.75) is 12.6 Å². The molecule has 1 fully saturated rings. The number of anilines is 1. The van der Waals surface area contributed by atoms with Gasteiger partial charge in [-0.3, -0.25) is 9.69 Å². The Morgan fingerprint density at radius 3 is 2.50 bits per heavy atom. The van der Waals surface area contributed by atoms with Crippen LogP contribution in [0.2, 0.25) is 0 Å². The maximum Gasteiger partial charge on any atom is 0.417 e. The van der Waals surface area contributed by atoms with E-state index in [1.807, 2.05) is 18.2 Å². The summed E-state index contributed by atoms with van der Waals surface area (Å²) in [5.74, 6) is -0.304. The molecule has 0 radical (unpaired) electrons. The van der Waals surface area contributed by atoms with E-state index in [0.29, 0.717) is 43.2 Å². The molecule has 188 valence electrons. The predicted octanol–water partition coefficient (Wildman–Crippen LogP) is 5.19. The third kappa shape index (κ3) is 4.83. The molecular formula is C25H22F5N5O. The van der Waals surface area contributed by atoms with Gasteiger partial charge in [0.05, 0.1) is 28.8 Å². The minimum atomic E-state index is -4.64. The minimum Gasteiger partial charge on any atom is -0.369 e. The van der Waals surface area contributed by atoms with E-state index in [1.54, 1.807) is 4.90 Å². The van der Waals surface area contributed by atoms with Gasteiger partial charge in [-0.2, -0.15) is 13.2 Å². The molecule has 1 saturated heterocycles. The average Bonchev–Trinajstić information content (AvgIpc) is 3.50. The van der Waals surface area contributed by atoms with Gasteiger partial charge < -0.3 is 14.9 Å². The standard InChI is InChI=1S/C25H22F5N5O/c26-22(27)14-34-7-9-35(10-8-34)16-5-6-19-20(12-16)33-24(32-19)21-11-15(13-31-21)23(36)17-3-1-2-4-18(17)25(28,29)30/h1-6,11-13,22,31H,7-10,14H2,(H,32,33). The molecule has 1 aliphatic rings. The third-order valence-electron chi connectivity index (χ3n) is 6.28. The number of hydrogen-bond acceptors (Lipinski definition) is 4. The lowest BCUT2D eigenvalue weighted by Gasteiger charge is -2.35. The van der Waals surface area contributed by atoms with Gasteiger partial charge in [-0.25, -0.2) is 13.8 Å². The van der Waals surface area contributed by atoms with Crippen molar-refractivity contribution in [3.8, 4) is 11.5 Å². The van der Waals surface area contributed by atoms with Crippen molar-refractivity contribution in [1.29, 1.82) is 0 Å². The number of piperazine rings is 1. The van der Waals surface area contributed by atoms with Crippen LogP contribution in [0, 0.1) is 0 Å². The SMILES string of the molecule is O=C(c1c[nH]c(-c2nc3ccc(N4CCN(CC(F)F)CC4)cc3[nH]2)c1)c1ccccc1C(F)(F)F. The van der Waals surface area contributed by atoms with Crippen molar-refractivity contribution in [1.82, 2.24) is 19.9 Å². The van der Waals surface area contributed by atoms with Gasteiger partial charge in [-0.1, -0.05) is 18.2 Å². The van der Waals surface area contributed by atoms with Crippen molar-refractivity contribution in [3.05, 3.63) is 71.4 Å². The van der Waals surface area contributed by atoms with E-state index in [0.717, 1.165) is 23.3 Å². The molecule has 0 amide bonds. The van der Waals surface area contributed by atoms with Crippen LogP contribution < -0.4 is 4.90 Å². The fourth-order valence-corrected chi connectivity index (χ4v) is 4.45. The highest BCUT2D eigenvalue weighted by Crippen LogP contribution is 2.33. The van der Waals surface area contributed by atoms with E-state index in [1.165, 1.54) is 24.4 Å². The van der Waals surface area contributed by atoms with Crippen molar-refractivity contribution in [2.75, 3.05) is 37.6 Å². The largest absolute Gasteiger partial charge is 0.417 e. The molecule has 0 saturated carbocycles. The number of carbonyl (C=O) groups is 1. The lowest BCUT2D eigenvalue weighted by molar-refractivity contribution is -0.137. The van der Waals surface area contributed by atoms with Gasteiger partial charge in [0.2, 0.25) is 0 Å². The molecule has 6 nitrogen and oxygen atoms in total. The van der Waals surface area contributed by atoms with Crippen molar-refractivity contribution in [2.24, 2.45) is 0 Å². The first kappa shape index (κ1) is 24.0. The van der Waals surface area contributed by atoms with Gasteiger partial charge in [0, 0.05) is 49.2 Å². The van der Waals surface area contributed by atoms with Crippen LogP contribution in [0.25, 0.3) is 22.6 Å². The summed E-state index contributed by atoms with van der Waals surface area (Å²) in [6.07, 6.45) is -5.63. The first-order valence-electron chi connectivity index (χ1n) is 11.3. The molecule has 0 aliphatic carbocycles. The molecule has 3 heterocycles. The minimum absolute atomic E-state index is 0.0875. The number of fused-ring (bicyclic) bond motifs is 1. The van der Waals surface area contributed by atoms with Crippen molar-refractivity contribution >= 4 is 22.5 Å². The number of nitrogens with zero attached hydrogens (tertiary/aromatic N) is 3. The van der Waals surface area contributed by atoms with E-state index in [-0.39, 0.29) is 12.1 Å². The molecular weight excluding hydrogens is 481 g/mol. The Morgan fingerprint density at radius 1 is 1.03 bits per heavy atom. The summed E-state index contributed by atoms with van der Waals surface area (Å²) in [5.41, 5.74) is 1.49. The van der Waals surface area contributed by atoms with Crippen LogP contribution in [0.4, 0.5) is 27.6 Å². The monoisotopic (exact) mass is 503 g/mol. The molecule has 4 aromatic rings. The number of imidazole rings is 1. The number of halogens is 5. The smallest absolute Gasteiger partial charge is 0.369 e. The number of H-pyrrole nitrogens is 2. The summed E-state index contributed by atoms with van der Waals surface area (Å²) in [4.78, 5) is 27.3. The number of nitrogens with one attached hydrogen (secondary N) is 2. The molecule has 5 rings (SSSR count). The number of aromatic nitrogens is 3. The predicted molar refractivity (Wildman–Crippen MR) is 125 cm³/mol. The second-order valence-electron chi connectivity index (χ2n) is 8.64. The summed E-state index contributed by atoms with van der Waals surface area (Å²) < 4.78 is 65.3. The van der Waals surface area contributed by atoms with Gasteiger partial charge in [0.1, 0.15) is 0 Å². The first-order valence-corrected chi connectivity index (χ1v) is 11.3. The Kier molecular flexibility index (Phi) is 6.25. The third-order valence-corrected chi connectivity index (χ3v) is 6.28. The van der Waals surface area contributed by atoms with E-state index in [9.17, 15) is 26.7 Å². The summed E-state index contributed by atoms with van der Waals surface area (Å²) in [7, 11) is 0. The summed E-state index contributed by atoms with van der Waals surface area (Å²) in [6, 6.07) is 11.8. The zero-order chi connectivity index (χ0) is 25.4. The van der Waals surface area contributed by atoms with Crippen molar-refractivity contribution in [3.63, 3.8) is 0 Å². The van der Waals surface area contributed by atoms with Gasteiger partial charge in [0.15, 0.2) is 11.6 Å². The Bertz CT molecular complexity index is 1390. The van der Waals surface area contributed by atoms with E-state index in [2.05, 4.69) is 19.9 Å². The summed E-state index contributed by atoms with van der Waals surface area (Å²) in [5, 5.41) is 0. The number of ketones is 1. The maximum absolute atomic E-state index is 13.3. The Morgan fingerprint density at radius 2 is 1.78 bits per heavy atom. The number of alkyl halides is 5. The number of rotatable bonds is 6. The number of carbonyl (C=O) groups excluding carboxylic acids is 1. The molecule has 0 unspecified atom stereocenters. The van der Waals surface area contributed by atoms with E-state index in [4.69, 9.17) is 0 Å². The number of aromatic amines is 2. The molecule has 2 aromatic heterocycles. The number of benzene rings is 2. The second-order valence-corrected chi connectivity index (χ2v) is 8.64. The van der Waals surface area contributed by atoms with Gasteiger partial charge in [-0.05, 0) is 30.3 Å². The second kappa shape index (κ2) is 9.38.